The molecule has 2 amide bonds. The molecule has 1 aliphatic carbocycles. The van der Waals surface area contributed by atoms with Gasteiger partial charge in [0.1, 0.15) is 10.8 Å². The van der Waals surface area contributed by atoms with Crippen molar-refractivity contribution in [3.63, 3.8) is 0 Å². The summed E-state index contributed by atoms with van der Waals surface area (Å²) in [7, 11) is 0. The van der Waals surface area contributed by atoms with E-state index in [2.05, 4.69) is 15.5 Å². The smallest absolute Gasteiger partial charge is 0.277 e. The standard InChI is InChI=1S/C19H17ClN4O4S2/c20-11-5-1-2-6-12(11)27-8-15-23-24-19(28-15)29-9-14(25)22-18-16(17(21)26)10-4-3-7-13(10)30-18/h1-2,5-6H,3-4,7-9H2,(H2,21,26)(H,22,25). The Balaban J connectivity index is 1.31. The van der Waals surface area contributed by atoms with Gasteiger partial charge in [0.2, 0.25) is 5.91 Å². The molecule has 3 N–H and O–H groups in total. The number of nitrogens with two attached hydrogens (primary N) is 1. The molecule has 0 radical (unpaired) electrons. The van der Waals surface area contributed by atoms with E-state index in [4.69, 9.17) is 26.5 Å². The Labute approximate surface area is 185 Å². The van der Waals surface area contributed by atoms with Crippen molar-refractivity contribution in [1.29, 1.82) is 0 Å². The lowest BCUT2D eigenvalue weighted by atomic mass is 10.1. The molecule has 8 nitrogen and oxygen atoms in total. The van der Waals surface area contributed by atoms with Crippen LogP contribution in [0.25, 0.3) is 0 Å². The molecule has 30 heavy (non-hydrogen) atoms. The number of nitrogens with zero attached hydrogens (tertiary/aromatic N) is 2. The molecule has 0 saturated carbocycles. The Bertz CT molecular complexity index is 1100. The zero-order valence-electron chi connectivity index (χ0n) is 15.6. The van der Waals surface area contributed by atoms with E-state index in [1.54, 1.807) is 24.3 Å². The van der Waals surface area contributed by atoms with Crippen LogP contribution in [0, 0.1) is 0 Å². The number of benzene rings is 1. The van der Waals surface area contributed by atoms with Gasteiger partial charge in [0.05, 0.1) is 16.3 Å². The molecule has 156 valence electrons. The Kier molecular flexibility index (Phi) is 6.26. The summed E-state index contributed by atoms with van der Waals surface area (Å²) in [5.74, 6) is 0.0304. The summed E-state index contributed by atoms with van der Waals surface area (Å²) in [6.45, 7) is 0.0617. The van der Waals surface area contributed by atoms with Gasteiger partial charge in [0, 0.05) is 4.88 Å². The van der Waals surface area contributed by atoms with Crippen LogP contribution in [0.2, 0.25) is 5.02 Å². The number of primary amides is 1. The molecule has 0 spiro atoms. The maximum atomic E-state index is 12.3. The number of thiophene rings is 1. The van der Waals surface area contributed by atoms with Crippen LogP contribution < -0.4 is 15.8 Å². The number of aryl methyl sites for hydroxylation is 1. The van der Waals surface area contributed by atoms with E-state index in [1.165, 1.54) is 11.3 Å². The highest BCUT2D eigenvalue weighted by atomic mass is 35.5. The average Bonchev–Trinajstić information content (AvgIpc) is 3.41. The van der Waals surface area contributed by atoms with Gasteiger partial charge in [-0.1, -0.05) is 35.5 Å². The maximum Gasteiger partial charge on any atom is 0.277 e. The number of carbonyl (C=O) groups is 2. The Morgan fingerprint density at radius 2 is 2.13 bits per heavy atom. The monoisotopic (exact) mass is 464 g/mol. The molecule has 0 saturated heterocycles. The normalized spacial score (nSPS) is 12.6. The van der Waals surface area contributed by atoms with Gasteiger partial charge in [-0.3, -0.25) is 9.59 Å². The second-order valence-electron chi connectivity index (χ2n) is 6.44. The molecular weight excluding hydrogens is 448 g/mol. The van der Waals surface area contributed by atoms with Crippen molar-refractivity contribution >= 4 is 51.5 Å². The third-order valence-corrected chi connectivity index (χ3v) is 6.72. The van der Waals surface area contributed by atoms with Crippen molar-refractivity contribution in [1.82, 2.24) is 10.2 Å². The molecule has 4 rings (SSSR count). The highest BCUT2D eigenvalue weighted by molar-refractivity contribution is 7.99. The highest BCUT2D eigenvalue weighted by Crippen LogP contribution is 2.39. The predicted octanol–water partition coefficient (Wildman–Crippen LogP) is 3.68. The van der Waals surface area contributed by atoms with Crippen molar-refractivity contribution in [2.24, 2.45) is 5.73 Å². The van der Waals surface area contributed by atoms with E-state index in [0.29, 0.717) is 21.3 Å². The van der Waals surface area contributed by atoms with E-state index in [9.17, 15) is 9.59 Å². The lowest BCUT2D eigenvalue weighted by molar-refractivity contribution is -0.113. The Morgan fingerprint density at radius 1 is 1.30 bits per heavy atom. The third-order valence-electron chi connectivity index (χ3n) is 4.38. The number of aromatic nitrogens is 2. The number of rotatable bonds is 8. The number of carbonyl (C=O) groups excluding carboxylic acids is 2. The second kappa shape index (κ2) is 9.07. The summed E-state index contributed by atoms with van der Waals surface area (Å²) >= 11 is 8.54. The summed E-state index contributed by atoms with van der Waals surface area (Å²) in [6.07, 6.45) is 2.73. The van der Waals surface area contributed by atoms with E-state index >= 15 is 0 Å². The van der Waals surface area contributed by atoms with E-state index in [-0.39, 0.29) is 29.4 Å². The Hall–Kier alpha value is -2.56. The van der Waals surface area contributed by atoms with Gasteiger partial charge in [0.15, 0.2) is 6.61 Å². The van der Waals surface area contributed by atoms with Crippen LogP contribution in [0.1, 0.15) is 33.1 Å². The number of hydrogen-bond acceptors (Lipinski definition) is 8. The van der Waals surface area contributed by atoms with Gasteiger partial charge in [-0.05, 0) is 37.0 Å². The Morgan fingerprint density at radius 3 is 2.93 bits per heavy atom. The molecule has 1 aliphatic rings. The molecular formula is C19H17ClN4O4S2. The number of fused-ring (bicyclic) bond motifs is 1. The summed E-state index contributed by atoms with van der Waals surface area (Å²) in [5, 5.41) is 11.8. The number of hydrogen-bond donors (Lipinski definition) is 2. The number of amides is 2. The van der Waals surface area contributed by atoms with Crippen LogP contribution in [-0.2, 0) is 24.2 Å². The number of halogens is 1. The first-order valence-corrected chi connectivity index (χ1v) is 11.3. The molecule has 0 atom stereocenters. The fourth-order valence-corrected chi connectivity index (χ4v) is 5.18. The van der Waals surface area contributed by atoms with Crippen LogP contribution in [0.5, 0.6) is 5.75 Å². The molecule has 2 heterocycles. The fraction of sp³-hybridized carbons (Fsp3) is 0.263. The zero-order valence-corrected chi connectivity index (χ0v) is 18.0. The number of nitrogens with one attached hydrogen (secondary N) is 1. The number of para-hydroxylation sites is 1. The van der Waals surface area contributed by atoms with Crippen molar-refractivity contribution in [3.05, 3.63) is 51.2 Å². The lowest BCUT2D eigenvalue weighted by Crippen LogP contribution is -2.18. The predicted molar refractivity (Wildman–Crippen MR) is 114 cm³/mol. The van der Waals surface area contributed by atoms with Crippen LogP contribution in [-0.4, -0.2) is 27.8 Å². The summed E-state index contributed by atoms with van der Waals surface area (Å²) in [6, 6.07) is 7.06. The fourth-order valence-electron chi connectivity index (χ4n) is 3.10. The zero-order chi connectivity index (χ0) is 21.1. The van der Waals surface area contributed by atoms with Crippen molar-refractivity contribution in [2.75, 3.05) is 11.1 Å². The van der Waals surface area contributed by atoms with Gasteiger partial charge < -0.3 is 20.2 Å². The molecule has 0 bridgehead atoms. The van der Waals surface area contributed by atoms with Gasteiger partial charge in [-0.15, -0.1) is 21.5 Å². The average molecular weight is 465 g/mol. The third kappa shape index (κ3) is 4.61. The van der Waals surface area contributed by atoms with Gasteiger partial charge >= 0.3 is 0 Å². The first-order valence-electron chi connectivity index (χ1n) is 9.08. The van der Waals surface area contributed by atoms with Crippen LogP contribution in [0.4, 0.5) is 5.00 Å². The van der Waals surface area contributed by atoms with Crippen LogP contribution in [0.15, 0.2) is 33.9 Å². The quantitative estimate of drug-likeness (QED) is 0.488. The SMILES string of the molecule is NC(=O)c1c(NC(=O)CSc2nnc(COc3ccccc3Cl)o2)sc2c1CCC2. The maximum absolute atomic E-state index is 12.3. The molecule has 0 unspecified atom stereocenters. The van der Waals surface area contributed by atoms with Crippen molar-refractivity contribution < 1.29 is 18.7 Å². The molecule has 0 fully saturated rings. The van der Waals surface area contributed by atoms with Gasteiger partial charge in [-0.25, -0.2) is 0 Å². The molecule has 2 aromatic heterocycles. The first-order chi connectivity index (χ1) is 14.5. The summed E-state index contributed by atoms with van der Waals surface area (Å²) in [5.41, 5.74) is 6.91. The lowest BCUT2D eigenvalue weighted by Gasteiger charge is -2.05. The molecule has 3 aromatic rings. The molecule has 11 heteroatoms. The highest BCUT2D eigenvalue weighted by Gasteiger charge is 2.26. The minimum absolute atomic E-state index is 0.0494. The number of ether oxygens (including phenoxy) is 1. The first kappa shape index (κ1) is 20.7. The minimum atomic E-state index is -0.516. The number of thioether (sulfide) groups is 1. The van der Waals surface area contributed by atoms with E-state index < -0.39 is 5.91 Å². The van der Waals surface area contributed by atoms with Crippen molar-refractivity contribution in [3.8, 4) is 5.75 Å². The summed E-state index contributed by atoms with van der Waals surface area (Å²) < 4.78 is 11.0. The van der Waals surface area contributed by atoms with Crippen LogP contribution in [0.3, 0.4) is 0 Å². The minimum Gasteiger partial charge on any atom is -0.482 e. The topological polar surface area (TPSA) is 120 Å². The van der Waals surface area contributed by atoms with Crippen molar-refractivity contribution in [2.45, 2.75) is 31.1 Å². The summed E-state index contributed by atoms with van der Waals surface area (Å²) in [4.78, 5) is 25.3. The van der Waals surface area contributed by atoms with Crippen LogP contribution >= 0.6 is 34.7 Å². The number of anilines is 1. The molecule has 0 aliphatic heterocycles. The van der Waals surface area contributed by atoms with Gasteiger partial charge in [0.25, 0.3) is 17.0 Å². The largest absolute Gasteiger partial charge is 0.482 e. The molecule has 1 aromatic carbocycles. The van der Waals surface area contributed by atoms with E-state index in [0.717, 1.165) is 41.5 Å². The van der Waals surface area contributed by atoms with Gasteiger partial charge in [-0.2, -0.15) is 0 Å². The van der Waals surface area contributed by atoms with E-state index in [1.807, 2.05) is 0 Å². The second-order valence-corrected chi connectivity index (χ2v) is 8.88.